The van der Waals surface area contributed by atoms with Gasteiger partial charge in [0.1, 0.15) is 13.2 Å². The van der Waals surface area contributed by atoms with Gasteiger partial charge in [-0.05, 0) is 19.3 Å². The summed E-state index contributed by atoms with van der Waals surface area (Å²) in [7, 11) is 1.57. The number of nitrogens with zero attached hydrogens (tertiary/aromatic N) is 1. The Bertz CT molecular complexity index is 728. The van der Waals surface area contributed by atoms with E-state index in [4.69, 9.17) is 9.05 Å². The van der Waals surface area contributed by atoms with Crippen LogP contribution in [0.15, 0.2) is 12.2 Å². The Morgan fingerprint density at radius 3 is 1.72 bits per heavy atom. The van der Waals surface area contributed by atoms with Crippen LogP contribution >= 0.6 is 7.82 Å². The van der Waals surface area contributed by atoms with Gasteiger partial charge in [-0.1, -0.05) is 135 Å². The van der Waals surface area contributed by atoms with Crippen LogP contribution in [0.4, 0.5) is 0 Å². The van der Waals surface area contributed by atoms with Crippen LogP contribution in [0.1, 0.15) is 149 Å². The molecular formula is C34H70N2O6P+. The highest BCUT2D eigenvalue weighted by atomic mass is 31.2. The number of amides is 1. The lowest BCUT2D eigenvalue weighted by Crippen LogP contribution is -2.45. The zero-order chi connectivity index (χ0) is 32.2. The fourth-order valence-corrected chi connectivity index (χ4v) is 5.60. The van der Waals surface area contributed by atoms with Crippen LogP contribution < -0.4 is 5.32 Å². The lowest BCUT2D eigenvalue weighted by Gasteiger charge is -2.25. The maximum Gasteiger partial charge on any atom is 0.472 e. The minimum atomic E-state index is -4.32. The SMILES string of the molecule is CCCCCCCCCCC/C=C/[C@@H](O)[C@H](COP(=O)(O)OCC[N+](C)(C)C)NC(=O)CCCCCCCCCCCC. The summed E-state index contributed by atoms with van der Waals surface area (Å²) in [4.78, 5) is 22.8. The van der Waals surface area contributed by atoms with E-state index in [9.17, 15) is 19.4 Å². The van der Waals surface area contributed by atoms with Crippen molar-refractivity contribution < 1.29 is 32.9 Å². The number of aliphatic hydroxyl groups is 1. The third-order valence-corrected chi connectivity index (χ3v) is 8.74. The predicted octanol–water partition coefficient (Wildman–Crippen LogP) is 8.46. The quantitative estimate of drug-likeness (QED) is 0.0306. The smallest absolute Gasteiger partial charge is 0.387 e. The first-order valence-corrected chi connectivity index (χ1v) is 19.1. The molecule has 0 aliphatic carbocycles. The van der Waals surface area contributed by atoms with E-state index in [1.807, 2.05) is 27.2 Å². The molecule has 0 aromatic heterocycles. The number of aliphatic hydroxyl groups excluding tert-OH is 1. The molecular weight excluding hydrogens is 563 g/mol. The summed E-state index contributed by atoms with van der Waals surface area (Å²) in [5.74, 6) is -0.182. The minimum absolute atomic E-state index is 0.0637. The lowest BCUT2D eigenvalue weighted by atomic mass is 10.1. The summed E-state index contributed by atoms with van der Waals surface area (Å²) in [6.07, 6.45) is 27.0. The second-order valence-electron chi connectivity index (χ2n) is 13.3. The molecule has 9 heteroatoms. The molecule has 0 aromatic carbocycles. The molecule has 0 spiro atoms. The first-order valence-electron chi connectivity index (χ1n) is 17.6. The van der Waals surface area contributed by atoms with Gasteiger partial charge < -0.3 is 19.8 Å². The van der Waals surface area contributed by atoms with Crippen LogP contribution in [0.5, 0.6) is 0 Å². The summed E-state index contributed by atoms with van der Waals surface area (Å²) >= 11 is 0. The molecule has 43 heavy (non-hydrogen) atoms. The molecule has 0 saturated carbocycles. The Morgan fingerprint density at radius 2 is 1.23 bits per heavy atom. The van der Waals surface area contributed by atoms with Crippen LogP contribution in [-0.2, 0) is 18.4 Å². The first-order chi connectivity index (χ1) is 20.5. The number of phosphoric acid groups is 1. The topological polar surface area (TPSA) is 105 Å². The van der Waals surface area contributed by atoms with Gasteiger partial charge in [0.25, 0.3) is 0 Å². The number of likely N-dealkylation sites (N-methyl/N-ethyl adjacent to an activating group) is 1. The van der Waals surface area contributed by atoms with Gasteiger partial charge in [0.15, 0.2) is 0 Å². The predicted molar refractivity (Wildman–Crippen MR) is 180 cm³/mol. The van der Waals surface area contributed by atoms with E-state index in [0.29, 0.717) is 17.4 Å². The Labute approximate surface area is 265 Å². The molecule has 8 nitrogen and oxygen atoms in total. The maximum atomic E-state index is 12.7. The van der Waals surface area contributed by atoms with Gasteiger partial charge in [-0.2, -0.15) is 0 Å². The van der Waals surface area contributed by atoms with Crippen molar-refractivity contribution in [2.45, 2.75) is 161 Å². The van der Waals surface area contributed by atoms with Gasteiger partial charge in [-0.15, -0.1) is 0 Å². The van der Waals surface area contributed by atoms with Gasteiger partial charge in [-0.3, -0.25) is 13.8 Å². The van der Waals surface area contributed by atoms with Crippen LogP contribution in [-0.4, -0.2) is 73.4 Å². The molecule has 0 aromatic rings. The van der Waals surface area contributed by atoms with E-state index in [1.54, 1.807) is 6.08 Å². The molecule has 0 radical (unpaired) electrons. The summed E-state index contributed by atoms with van der Waals surface area (Å²) < 4.78 is 23.3. The number of unbranched alkanes of at least 4 members (excludes halogenated alkanes) is 18. The van der Waals surface area contributed by atoms with E-state index >= 15 is 0 Å². The molecule has 0 heterocycles. The zero-order valence-corrected chi connectivity index (χ0v) is 29.6. The second-order valence-corrected chi connectivity index (χ2v) is 14.7. The van der Waals surface area contributed by atoms with Crippen molar-refractivity contribution in [2.75, 3.05) is 40.9 Å². The van der Waals surface area contributed by atoms with Gasteiger partial charge in [0, 0.05) is 6.42 Å². The number of carbonyl (C=O) groups is 1. The van der Waals surface area contributed by atoms with Crippen molar-refractivity contribution >= 4 is 13.7 Å². The fraction of sp³-hybridized carbons (Fsp3) is 0.912. The third kappa shape index (κ3) is 29.7. The van der Waals surface area contributed by atoms with Crippen molar-refractivity contribution in [2.24, 2.45) is 0 Å². The average molecular weight is 634 g/mol. The second kappa shape index (κ2) is 27.5. The summed E-state index contributed by atoms with van der Waals surface area (Å²) in [5, 5.41) is 13.7. The van der Waals surface area contributed by atoms with Crippen molar-refractivity contribution in [3.05, 3.63) is 12.2 Å². The Balaban J connectivity index is 4.61. The molecule has 0 fully saturated rings. The molecule has 0 aliphatic heterocycles. The number of hydrogen-bond acceptors (Lipinski definition) is 5. The minimum Gasteiger partial charge on any atom is -0.387 e. The average Bonchev–Trinajstić information content (AvgIpc) is 2.94. The van der Waals surface area contributed by atoms with Crippen LogP contribution in [0.3, 0.4) is 0 Å². The molecule has 0 bridgehead atoms. The van der Waals surface area contributed by atoms with Crippen molar-refractivity contribution in [1.82, 2.24) is 5.32 Å². The molecule has 0 rings (SSSR count). The number of hydrogen-bond donors (Lipinski definition) is 3. The molecule has 0 saturated heterocycles. The molecule has 3 N–H and O–H groups in total. The van der Waals surface area contributed by atoms with E-state index in [2.05, 4.69) is 19.2 Å². The molecule has 1 unspecified atom stereocenters. The van der Waals surface area contributed by atoms with E-state index in [1.165, 1.54) is 89.9 Å². The number of allylic oxidation sites excluding steroid dienone is 1. The van der Waals surface area contributed by atoms with E-state index in [-0.39, 0.29) is 19.1 Å². The van der Waals surface area contributed by atoms with Crippen molar-refractivity contribution in [1.29, 1.82) is 0 Å². The van der Waals surface area contributed by atoms with Gasteiger partial charge in [0.05, 0.1) is 39.9 Å². The van der Waals surface area contributed by atoms with Crippen molar-refractivity contribution in [3.8, 4) is 0 Å². The highest BCUT2D eigenvalue weighted by molar-refractivity contribution is 7.47. The Hall–Kier alpha value is -0.760. The summed E-state index contributed by atoms with van der Waals surface area (Å²) in [6, 6.07) is -0.836. The fourth-order valence-electron chi connectivity index (χ4n) is 4.86. The van der Waals surface area contributed by atoms with E-state index in [0.717, 1.165) is 38.5 Å². The molecule has 256 valence electrons. The first kappa shape index (κ1) is 42.2. The highest BCUT2D eigenvalue weighted by Gasteiger charge is 2.27. The maximum absolute atomic E-state index is 12.7. The zero-order valence-electron chi connectivity index (χ0n) is 28.7. The monoisotopic (exact) mass is 633 g/mol. The third-order valence-electron chi connectivity index (χ3n) is 7.76. The lowest BCUT2D eigenvalue weighted by molar-refractivity contribution is -0.870. The van der Waals surface area contributed by atoms with Gasteiger partial charge in [-0.25, -0.2) is 4.57 Å². The number of carbonyl (C=O) groups excluding carboxylic acids is 1. The van der Waals surface area contributed by atoms with Crippen LogP contribution in [0.2, 0.25) is 0 Å². The molecule has 0 aliphatic rings. The Morgan fingerprint density at radius 1 is 0.767 bits per heavy atom. The van der Waals surface area contributed by atoms with Crippen molar-refractivity contribution in [3.63, 3.8) is 0 Å². The Kier molecular flexibility index (Phi) is 27.1. The largest absolute Gasteiger partial charge is 0.472 e. The van der Waals surface area contributed by atoms with Gasteiger partial charge in [0.2, 0.25) is 5.91 Å². The number of phosphoric ester groups is 1. The standard InChI is InChI=1S/C34H69N2O6P/c1-6-8-10-12-14-16-18-19-21-23-25-27-33(37)32(31-42-43(39,40)41-30-29-36(3,4)5)35-34(38)28-26-24-22-20-17-15-13-11-9-7-2/h25,27,32-33,37H,6-24,26,28-31H2,1-5H3,(H-,35,38,39,40)/p+1/b27-25+/t32-,33+/m0/s1. The van der Waals surface area contributed by atoms with Gasteiger partial charge >= 0.3 is 7.82 Å². The molecule has 1 amide bonds. The number of nitrogens with one attached hydrogen (secondary N) is 1. The van der Waals surface area contributed by atoms with E-state index < -0.39 is 20.0 Å². The summed E-state index contributed by atoms with van der Waals surface area (Å²) in [5.41, 5.74) is 0. The normalized spacial score (nSPS) is 15.0. The number of quaternary nitrogens is 1. The number of rotatable bonds is 31. The van der Waals surface area contributed by atoms with Crippen LogP contribution in [0, 0.1) is 0 Å². The van der Waals surface area contributed by atoms with Crippen LogP contribution in [0.25, 0.3) is 0 Å². The molecule has 3 atom stereocenters. The summed E-state index contributed by atoms with van der Waals surface area (Å²) in [6.45, 7) is 4.76. The highest BCUT2D eigenvalue weighted by Crippen LogP contribution is 2.43.